The molecule has 0 heterocycles. The second-order valence-electron chi connectivity index (χ2n) is 5.27. The molecule has 3 N–H and O–H groups in total. The number of anilines is 1. The molecule has 23 heavy (non-hydrogen) atoms. The first kappa shape index (κ1) is 17.1. The summed E-state index contributed by atoms with van der Waals surface area (Å²) in [5.74, 6) is -1.46. The van der Waals surface area contributed by atoms with Crippen molar-refractivity contribution >= 4 is 21.6 Å². The summed E-state index contributed by atoms with van der Waals surface area (Å²) in [6, 6.07) is 12.2. The lowest BCUT2D eigenvalue weighted by Gasteiger charge is -2.13. The highest BCUT2D eigenvalue weighted by Crippen LogP contribution is 2.19. The highest BCUT2D eigenvalue weighted by atomic mass is 32.2. The number of rotatable bonds is 5. The molecule has 0 fully saturated rings. The van der Waals surface area contributed by atoms with Gasteiger partial charge in [0.05, 0.1) is 11.7 Å². The van der Waals surface area contributed by atoms with Crippen LogP contribution in [0.1, 0.15) is 24.0 Å². The van der Waals surface area contributed by atoms with E-state index < -0.39 is 21.8 Å². The minimum atomic E-state index is -3.59. The minimum Gasteiger partial charge on any atom is -0.326 e. The predicted molar refractivity (Wildman–Crippen MR) is 86.7 cm³/mol. The number of carbonyl (C=O) groups is 1. The van der Waals surface area contributed by atoms with E-state index in [0.717, 1.165) is 0 Å². The smallest absolute Gasteiger partial charge is 0.231 e. The van der Waals surface area contributed by atoms with Gasteiger partial charge in [-0.25, -0.2) is 17.9 Å². The van der Waals surface area contributed by atoms with Crippen molar-refractivity contribution in [3.63, 3.8) is 0 Å². The van der Waals surface area contributed by atoms with Gasteiger partial charge in [0.25, 0.3) is 0 Å². The maximum atomic E-state index is 13.2. The van der Waals surface area contributed by atoms with E-state index in [9.17, 15) is 17.6 Å². The summed E-state index contributed by atoms with van der Waals surface area (Å²) in [7, 11) is -3.59. The lowest BCUT2D eigenvalue weighted by Crippen LogP contribution is -2.19. The first-order chi connectivity index (χ1) is 10.7. The van der Waals surface area contributed by atoms with Crippen molar-refractivity contribution in [2.45, 2.75) is 18.6 Å². The number of hydrogen-bond donors (Lipinski definition) is 2. The van der Waals surface area contributed by atoms with Crippen molar-refractivity contribution in [3.8, 4) is 0 Å². The molecule has 2 aromatic carbocycles. The Hall–Kier alpha value is -2.25. The Morgan fingerprint density at radius 1 is 1.22 bits per heavy atom. The number of halogens is 1. The van der Waals surface area contributed by atoms with Gasteiger partial charge in [0.2, 0.25) is 15.9 Å². The first-order valence-electron chi connectivity index (χ1n) is 6.90. The Balaban J connectivity index is 2.05. The molecule has 5 nitrogen and oxygen atoms in total. The van der Waals surface area contributed by atoms with Crippen LogP contribution in [0, 0.1) is 5.82 Å². The molecule has 0 saturated carbocycles. The molecule has 7 heteroatoms. The van der Waals surface area contributed by atoms with Gasteiger partial charge in [0, 0.05) is 5.69 Å². The molecular weight excluding hydrogens is 319 g/mol. The largest absolute Gasteiger partial charge is 0.326 e. The van der Waals surface area contributed by atoms with Crippen LogP contribution >= 0.6 is 0 Å². The fraction of sp³-hybridized carbons (Fsp3) is 0.188. The van der Waals surface area contributed by atoms with Gasteiger partial charge in [0.1, 0.15) is 5.82 Å². The topological polar surface area (TPSA) is 89.3 Å². The Kier molecular flexibility index (Phi) is 5.12. The van der Waals surface area contributed by atoms with Crippen LogP contribution in [0.3, 0.4) is 0 Å². The third-order valence-electron chi connectivity index (χ3n) is 3.33. The fourth-order valence-corrected chi connectivity index (χ4v) is 2.75. The van der Waals surface area contributed by atoms with E-state index in [1.807, 2.05) is 0 Å². The Morgan fingerprint density at radius 3 is 2.43 bits per heavy atom. The number of sulfonamides is 1. The zero-order valence-electron chi connectivity index (χ0n) is 12.5. The van der Waals surface area contributed by atoms with Crippen LogP contribution in [-0.4, -0.2) is 14.3 Å². The Morgan fingerprint density at radius 2 is 1.87 bits per heavy atom. The number of hydrogen-bond acceptors (Lipinski definition) is 3. The maximum Gasteiger partial charge on any atom is 0.231 e. The minimum absolute atomic E-state index is 0.263. The molecule has 0 bridgehead atoms. The summed E-state index contributed by atoms with van der Waals surface area (Å²) in [6.07, 6.45) is 0. The monoisotopic (exact) mass is 336 g/mol. The van der Waals surface area contributed by atoms with Gasteiger partial charge >= 0.3 is 0 Å². The summed E-state index contributed by atoms with van der Waals surface area (Å²) in [4.78, 5) is 12.2. The van der Waals surface area contributed by atoms with Gasteiger partial charge in [0.15, 0.2) is 0 Å². The first-order valence-corrected chi connectivity index (χ1v) is 8.62. The quantitative estimate of drug-likeness (QED) is 0.878. The van der Waals surface area contributed by atoms with E-state index in [1.165, 1.54) is 12.1 Å². The fourth-order valence-electron chi connectivity index (χ4n) is 2.09. The molecule has 1 unspecified atom stereocenters. The van der Waals surface area contributed by atoms with Crippen molar-refractivity contribution in [3.05, 3.63) is 65.5 Å². The predicted octanol–water partition coefficient (Wildman–Crippen LogP) is 2.36. The molecule has 1 atom stereocenters. The van der Waals surface area contributed by atoms with Crippen LogP contribution in [0.4, 0.5) is 10.1 Å². The molecule has 0 saturated heterocycles. The van der Waals surface area contributed by atoms with Crippen molar-refractivity contribution in [1.29, 1.82) is 0 Å². The summed E-state index contributed by atoms with van der Waals surface area (Å²) in [6.45, 7) is 1.68. The van der Waals surface area contributed by atoms with Crippen LogP contribution < -0.4 is 10.5 Å². The van der Waals surface area contributed by atoms with E-state index in [2.05, 4.69) is 5.32 Å². The Bertz CT molecular complexity index is 804. The second kappa shape index (κ2) is 6.89. The summed E-state index contributed by atoms with van der Waals surface area (Å²) in [5.41, 5.74) is 1.63. The average molecular weight is 336 g/mol. The SMILES string of the molecule is CC(C(=O)Nc1ccc(CS(N)(=O)=O)cc1)c1cccc(F)c1. The molecule has 0 aromatic heterocycles. The van der Waals surface area contributed by atoms with Crippen LogP contribution in [0.15, 0.2) is 48.5 Å². The highest BCUT2D eigenvalue weighted by Gasteiger charge is 2.16. The molecule has 122 valence electrons. The number of amides is 1. The summed E-state index contributed by atoms with van der Waals surface area (Å²) >= 11 is 0. The number of nitrogens with one attached hydrogen (secondary N) is 1. The molecule has 0 aliphatic heterocycles. The van der Waals surface area contributed by atoms with Crippen molar-refractivity contribution in [2.24, 2.45) is 5.14 Å². The molecular formula is C16H17FN2O3S. The summed E-state index contributed by atoms with van der Waals surface area (Å²) in [5, 5.41) is 7.68. The van der Waals surface area contributed by atoms with Crippen LogP contribution in [0.25, 0.3) is 0 Å². The standard InChI is InChI=1S/C16H17FN2O3S/c1-11(13-3-2-4-14(17)9-13)16(20)19-15-7-5-12(6-8-15)10-23(18,21)22/h2-9,11H,10H2,1H3,(H,19,20)(H2,18,21,22). The van der Waals surface area contributed by atoms with E-state index >= 15 is 0 Å². The van der Waals surface area contributed by atoms with E-state index in [-0.39, 0.29) is 11.7 Å². The zero-order chi connectivity index (χ0) is 17.0. The highest BCUT2D eigenvalue weighted by molar-refractivity contribution is 7.88. The van der Waals surface area contributed by atoms with Gasteiger partial charge in [-0.2, -0.15) is 0 Å². The number of primary sulfonamides is 1. The van der Waals surface area contributed by atoms with Crippen LogP contribution in [0.2, 0.25) is 0 Å². The number of nitrogens with two attached hydrogens (primary N) is 1. The van der Waals surface area contributed by atoms with Gasteiger partial charge < -0.3 is 5.32 Å². The van der Waals surface area contributed by atoms with Gasteiger partial charge in [-0.3, -0.25) is 4.79 Å². The number of carbonyl (C=O) groups excluding carboxylic acids is 1. The van der Waals surface area contributed by atoms with Gasteiger partial charge in [-0.15, -0.1) is 0 Å². The van der Waals surface area contributed by atoms with Gasteiger partial charge in [-0.05, 0) is 42.3 Å². The molecule has 2 rings (SSSR count). The van der Waals surface area contributed by atoms with Gasteiger partial charge in [-0.1, -0.05) is 24.3 Å². The van der Waals surface area contributed by atoms with Crippen molar-refractivity contribution < 1.29 is 17.6 Å². The van der Waals surface area contributed by atoms with Crippen LogP contribution in [-0.2, 0) is 20.6 Å². The molecule has 0 radical (unpaired) electrons. The summed E-state index contributed by atoms with van der Waals surface area (Å²) < 4.78 is 35.2. The van der Waals surface area contributed by atoms with Crippen molar-refractivity contribution in [1.82, 2.24) is 0 Å². The molecule has 1 amide bonds. The zero-order valence-corrected chi connectivity index (χ0v) is 13.3. The maximum absolute atomic E-state index is 13.2. The second-order valence-corrected chi connectivity index (χ2v) is 6.88. The Labute approximate surface area is 134 Å². The van der Waals surface area contributed by atoms with E-state index in [0.29, 0.717) is 16.8 Å². The average Bonchev–Trinajstić information content (AvgIpc) is 2.47. The lowest BCUT2D eigenvalue weighted by molar-refractivity contribution is -0.117. The molecule has 0 aliphatic rings. The molecule has 0 aliphatic carbocycles. The lowest BCUT2D eigenvalue weighted by atomic mass is 10.00. The van der Waals surface area contributed by atoms with Crippen LogP contribution in [0.5, 0.6) is 0 Å². The molecule has 0 spiro atoms. The normalized spacial score (nSPS) is 12.7. The third-order valence-corrected chi connectivity index (χ3v) is 4.07. The van der Waals surface area contributed by atoms with E-state index in [1.54, 1.807) is 43.3 Å². The van der Waals surface area contributed by atoms with Crippen molar-refractivity contribution in [2.75, 3.05) is 5.32 Å². The number of benzene rings is 2. The third kappa shape index (κ3) is 5.15. The van der Waals surface area contributed by atoms with E-state index in [4.69, 9.17) is 5.14 Å². The molecule has 2 aromatic rings.